The van der Waals surface area contributed by atoms with Gasteiger partial charge in [-0.3, -0.25) is 4.79 Å². The Morgan fingerprint density at radius 3 is 2.60 bits per heavy atom. The summed E-state index contributed by atoms with van der Waals surface area (Å²) in [7, 11) is 0. The number of hydrogen-bond acceptors (Lipinski definition) is 5. The summed E-state index contributed by atoms with van der Waals surface area (Å²) >= 11 is 0. The quantitative estimate of drug-likeness (QED) is 0.835. The molecule has 0 unspecified atom stereocenters. The fourth-order valence-electron chi connectivity index (χ4n) is 3.54. The molecule has 6 heteroatoms. The van der Waals surface area contributed by atoms with Gasteiger partial charge in [-0.25, -0.2) is 9.97 Å². The van der Waals surface area contributed by atoms with E-state index >= 15 is 0 Å². The van der Waals surface area contributed by atoms with Crippen molar-refractivity contribution in [3.63, 3.8) is 0 Å². The van der Waals surface area contributed by atoms with Gasteiger partial charge in [0.2, 0.25) is 11.9 Å². The normalized spacial score (nSPS) is 20.4. The lowest BCUT2D eigenvalue weighted by Crippen LogP contribution is -2.51. The van der Waals surface area contributed by atoms with Crippen molar-refractivity contribution in [3.8, 4) is 5.75 Å². The number of benzene rings is 1. The fraction of sp³-hybridized carbons (Fsp3) is 0.421. The summed E-state index contributed by atoms with van der Waals surface area (Å²) < 4.78 is 5.80. The molecule has 0 spiro atoms. The van der Waals surface area contributed by atoms with Crippen LogP contribution in [-0.4, -0.2) is 53.6 Å². The van der Waals surface area contributed by atoms with Crippen molar-refractivity contribution in [2.45, 2.75) is 12.8 Å². The van der Waals surface area contributed by atoms with Gasteiger partial charge in [-0.15, -0.1) is 0 Å². The first-order chi connectivity index (χ1) is 12.3. The van der Waals surface area contributed by atoms with Crippen LogP contribution in [0.1, 0.15) is 12.0 Å². The number of carbonyl (C=O) groups excluding carboxylic acids is 1. The zero-order valence-electron chi connectivity index (χ0n) is 14.2. The Hall–Kier alpha value is -2.63. The lowest BCUT2D eigenvalue weighted by atomic mass is 9.95. The first-order valence-electron chi connectivity index (χ1n) is 8.83. The molecule has 1 fully saturated rings. The van der Waals surface area contributed by atoms with E-state index in [2.05, 4.69) is 20.9 Å². The number of ether oxygens (including phenoxy) is 1. The topological polar surface area (TPSA) is 58.6 Å². The number of para-hydroxylation sites is 1. The smallest absolute Gasteiger partial charge is 0.226 e. The second kappa shape index (κ2) is 7.09. The van der Waals surface area contributed by atoms with Crippen molar-refractivity contribution in [1.29, 1.82) is 0 Å². The molecule has 4 rings (SSSR count). The summed E-state index contributed by atoms with van der Waals surface area (Å²) in [4.78, 5) is 25.7. The zero-order chi connectivity index (χ0) is 17.1. The Morgan fingerprint density at radius 1 is 1.04 bits per heavy atom. The van der Waals surface area contributed by atoms with Gasteiger partial charge >= 0.3 is 0 Å². The highest BCUT2D eigenvalue weighted by Crippen LogP contribution is 2.28. The molecule has 3 heterocycles. The van der Waals surface area contributed by atoms with Gasteiger partial charge < -0.3 is 14.5 Å². The minimum Gasteiger partial charge on any atom is -0.493 e. The molecule has 0 radical (unpaired) electrons. The maximum Gasteiger partial charge on any atom is 0.226 e. The lowest BCUT2D eigenvalue weighted by Gasteiger charge is -2.36. The molecule has 130 valence electrons. The standard InChI is InChI=1S/C19H22N4O2/c24-18(16-6-13-25-17-5-2-1-4-15(17)14-16)22-9-11-23(12-10-22)19-20-7-3-8-21-19/h1-5,7-8,16H,6,9-14H2/t16-/m1/s1. The molecule has 2 aromatic rings. The molecule has 6 nitrogen and oxygen atoms in total. The van der Waals surface area contributed by atoms with Crippen molar-refractivity contribution in [2.24, 2.45) is 5.92 Å². The summed E-state index contributed by atoms with van der Waals surface area (Å²) in [5.41, 5.74) is 1.13. The monoisotopic (exact) mass is 338 g/mol. The van der Waals surface area contributed by atoms with E-state index in [-0.39, 0.29) is 11.8 Å². The Kier molecular flexibility index (Phi) is 4.50. The summed E-state index contributed by atoms with van der Waals surface area (Å²) in [5, 5.41) is 0. The fourth-order valence-corrected chi connectivity index (χ4v) is 3.54. The van der Waals surface area contributed by atoms with Crippen LogP contribution in [0.15, 0.2) is 42.7 Å². The summed E-state index contributed by atoms with van der Waals surface area (Å²) in [6, 6.07) is 9.85. The van der Waals surface area contributed by atoms with Gasteiger partial charge in [-0.1, -0.05) is 18.2 Å². The Labute approximate surface area is 147 Å². The van der Waals surface area contributed by atoms with Crippen LogP contribution in [0, 0.1) is 5.92 Å². The first-order valence-corrected chi connectivity index (χ1v) is 8.83. The molecule has 0 aliphatic carbocycles. The van der Waals surface area contributed by atoms with E-state index in [4.69, 9.17) is 4.74 Å². The number of amides is 1. The van der Waals surface area contributed by atoms with Gasteiger partial charge in [0.15, 0.2) is 0 Å². The van der Waals surface area contributed by atoms with Crippen molar-refractivity contribution in [2.75, 3.05) is 37.7 Å². The van der Waals surface area contributed by atoms with Gasteiger partial charge in [0.05, 0.1) is 6.61 Å². The predicted molar refractivity (Wildman–Crippen MR) is 94.6 cm³/mol. The Morgan fingerprint density at radius 2 is 1.80 bits per heavy atom. The van der Waals surface area contributed by atoms with E-state index in [9.17, 15) is 4.79 Å². The minimum atomic E-state index is 0.00294. The van der Waals surface area contributed by atoms with Crippen molar-refractivity contribution in [3.05, 3.63) is 48.3 Å². The second-order valence-electron chi connectivity index (χ2n) is 6.51. The van der Waals surface area contributed by atoms with Gasteiger partial charge in [-0.05, 0) is 30.5 Å². The summed E-state index contributed by atoms with van der Waals surface area (Å²) in [6.07, 6.45) is 5.04. The summed E-state index contributed by atoms with van der Waals surface area (Å²) in [6.45, 7) is 3.59. The van der Waals surface area contributed by atoms with Crippen molar-refractivity contribution < 1.29 is 9.53 Å². The van der Waals surface area contributed by atoms with Crippen LogP contribution in [0.4, 0.5) is 5.95 Å². The van der Waals surface area contributed by atoms with Gasteiger partial charge in [-0.2, -0.15) is 0 Å². The molecule has 2 aliphatic heterocycles. The third kappa shape index (κ3) is 3.43. The molecule has 1 amide bonds. The highest BCUT2D eigenvalue weighted by atomic mass is 16.5. The number of carbonyl (C=O) groups is 1. The Bertz CT molecular complexity index is 729. The highest BCUT2D eigenvalue weighted by molar-refractivity contribution is 5.79. The number of fused-ring (bicyclic) bond motifs is 1. The first kappa shape index (κ1) is 15.9. The molecule has 2 aliphatic rings. The van der Waals surface area contributed by atoms with Crippen LogP contribution in [0.3, 0.4) is 0 Å². The average molecular weight is 338 g/mol. The third-order valence-corrected chi connectivity index (χ3v) is 4.94. The van der Waals surface area contributed by atoms with Gasteiger partial charge in [0.25, 0.3) is 0 Å². The minimum absolute atomic E-state index is 0.00294. The van der Waals surface area contributed by atoms with E-state index in [0.717, 1.165) is 56.3 Å². The summed E-state index contributed by atoms with van der Waals surface area (Å²) in [5.74, 6) is 1.91. The van der Waals surface area contributed by atoms with Crippen LogP contribution in [-0.2, 0) is 11.2 Å². The largest absolute Gasteiger partial charge is 0.493 e. The van der Waals surface area contributed by atoms with Crippen LogP contribution in [0.5, 0.6) is 5.75 Å². The van der Waals surface area contributed by atoms with Crippen LogP contribution in [0.2, 0.25) is 0 Å². The van der Waals surface area contributed by atoms with E-state index in [0.29, 0.717) is 6.61 Å². The molecular formula is C19H22N4O2. The predicted octanol–water partition coefficient (Wildman–Crippen LogP) is 1.77. The van der Waals surface area contributed by atoms with Crippen molar-refractivity contribution in [1.82, 2.24) is 14.9 Å². The third-order valence-electron chi connectivity index (χ3n) is 4.94. The molecule has 0 saturated carbocycles. The average Bonchev–Trinajstić information content (AvgIpc) is 2.91. The maximum atomic E-state index is 13.0. The maximum absolute atomic E-state index is 13.0. The molecule has 1 saturated heterocycles. The van der Waals surface area contributed by atoms with Crippen molar-refractivity contribution >= 4 is 11.9 Å². The molecule has 1 aromatic heterocycles. The molecule has 25 heavy (non-hydrogen) atoms. The number of anilines is 1. The molecule has 1 aromatic carbocycles. The molecule has 1 atom stereocenters. The molecule has 0 N–H and O–H groups in total. The number of piperazine rings is 1. The number of hydrogen-bond donors (Lipinski definition) is 0. The molecular weight excluding hydrogens is 316 g/mol. The van der Waals surface area contributed by atoms with E-state index in [1.54, 1.807) is 12.4 Å². The molecule has 0 bridgehead atoms. The van der Waals surface area contributed by atoms with Gasteiger partial charge in [0.1, 0.15) is 5.75 Å². The van der Waals surface area contributed by atoms with Crippen LogP contribution in [0.25, 0.3) is 0 Å². The Balaban J connectivity index is 1.39. The second-order valence-corrected chi connectivity index (χ2v) is 6.51. The number of rotatable bonds is 2. The number of nitrogens with zero attached hydrogens (tertiary/aromatic N) is 4. The number of aromatic nitrogens is 2. The highest BCUT2D eigenvalue weighted by Gasteiger charge is 2.30. The van der Waals surface area contributed by atoms with E-state index in [1.165, 1.54) is 0 Å². The van der Waals surface area contributed by atoms with E-state index in [1.807, 2.05) is 29.2 Å². The van der Waals surface area contributed by atoms with E-state index < -0.39 is 0 Å². The lowest BCUT2D eigenvalue weighted by molar-refractivity contribution is -0.136. The van der Waals surface area contributed by atoms with Crippen LogP contribution < -0.4 is 9.64 Å². The zero-order valence-corrected chi connectivity index (χ0v) is 14.2. The SMILES string of the molecule is O=C([C@@H]1CCOc2ccccc2C1)N1CCN(c2ncccn2)CC1. The van der Waals surface area contributed by atoms with Gasteiger partial charge in [0, 0.05) is 44.5 Å². The van der Waals surface area contributed by atoms with Crippen LogP contribution >= 0.6 is 0 Å².